The van der Waals surface area contributed by atoms with Crippen LogP contribution in [0.3, 0.4) is 0 Å². The largest absolute Gasteiger partial charge is 0.496 e. The molecule has 0 saturated heterocycles. The number of ether oxygens (including phenoxy) is 2. The second kappa shape index (κ2) is 5.71. The van der Waals surface area contributed by atoms with Gasteiger partial charge in [-0.3, -0.25) is 0 Å². The second-order valence-corrected chi connectivity index (χ2v) is 4.86. The number of rotatable bonds is 4. The fraction of sp³-hybridized carbons (Fsp3) is 0.231. The average Bonchev–Trinajstić information content (AvgIpc) is 2.81. The van der Waals surface area contributed by atoms with Crippen molar-refractivity contribution < 1.29 is 14.3 Å². The number of methoxy groups -OCH3 is 1. The number of nitrogens with two attached hydrogens (primary N) is 1. The van der Waals surface area contributed by atoms with Gasteiger partial charge in [-0.2, -0.15) is 0 Å². The van der Waals surface area contributed by atoms with Crippen molar-refractivity contribution in [1.29, 1.82) is 0 Å². The minimum Gasteiger partial charge on any atom is -0.496 e. The van der Waals surface area contributed by atoms with E-state index in [0.717, 1.165) is 10.7 Å². The zero-order valence-corrected chi connectivity index (χ0v) is 11.5. The van der Waals surface area contributed by atoms with Crippen LogP contribution in [0.15, 0.2) is 23.6 Å². The number of thiazole rings is 1. The summed E-state index contributed by atoms with van der Waals surface area (Å²) in [6, 6.07) is 4.84. The predicted octanol–water partition coefficient (Wildman–Crippen LogP) is 2.40. The number of aryl methyl sites for hydroxylation is 1. The molecule has 0 spiro atoms. The molecule has 19 heavy (non-hydrogen) atoms. The van der Waals surface area contributed by atoms with Crippen molar-refractivity contribution in [3.8, 4) is 5.75 Å². The Morgan fingerprint density at radius 3 is 2.89 bits per heavy atom. The van der Waals surface area contributed by atoms with Crippen molar-refractivity contribution in [2.24, 2.45) is 0 Å². The van der Waals surface area contributed by atoms with Crippen LogP contribution in [0.2, 0.25) is 0 Å². The highest BCUT2D eigenvalue weighted by Crippen LogP contribution is 2.22. The first-order valence-corrected chi connectivity index (χ1v) is 6.49. The summed E-state index contributed by atoms with van der Waals surface area (Å²) in [6.45, 7) is 2.04. The molecule has 1 heterocycles. The Kier molecular flexibility index (Phi) is 4.01. The van der Waals surface area contributed by atoms with E-state index in [9.17, 15) is 4.79 Å². The predicted molar refractivity (Wildman–Crippen MR) is 73.4 cm³/mol. The molecule has 0 aliphatic heterocycles. The Balaban J connectivity index is 2.09. The Labute approximate surface area is 115 Å². The maximum atomic E-state index is 12.0. The van der Waals surface area contributed by atoms with E-state index in [2.05, 4.69) is 4.98 Å². The van der Waals surface area contributed by atoms with Crippen molar-refractivity contribution in [3.63, 3.8) is 0 Å². The lowest BCUT2D eigenvalue weighted by atomic mass is 10.2. The molecule has 1 aromatic heterocycles. The van der Waals surface area contributed by atoms with Crippen LogP contribution in [0.25, 0.3) is 0 Å². The summed E-state index contributed by atoms with van der Waals surface area (Å²) < 4.78 is 10.3. The molecule has 0 saturated carbocycles. The van der Waals surface area contributed by atoms with Gasteiger partial charge in [0.05, 0.1) is 7.11 Å². The summed E-state index contributed by atoms with van der Waals surface area (Å²) in [5.74, 6) is -0.0356. The number of benzene rings is 1. The fourth-order valence-electron chi connectivity index (χ4n) is 1.56. The van der Waals surface area contributed by atoms with E-state index in [0.29, 0.717) is 17.0 Å². The third-order valence-corrected chi connectivity index (χ3v) is 3.38. The van der Waals surface area contributed by atoms with Crippen molar-refractivity contribution in [1.82, 2.24) is 4.98 Å². The Morgan fingerprint density at radius 2 is 2.26 bits per heavy atom. The van der Waals surface area contributed by atoms with Crippen LogP contribution in [0.4, 0.5) is 5.69 Å². The number of carbonyl (C=O) groups is 1. The molecule has 6 heteroatoms. The Hall–Kier alpha value is -2.08. The third kappa shape index (κ3) is 3.23. The van der Waals surface area contributed by atoms with Crippen molar-refractivity contribution in [2.45, 2.75) is 13.5 Å². The second-order valence-electron chi connectivity index (χ2n) is 3.92. The number of aromatic nitrogens is 1. The van der Waals surface area contributed by atoms with E-state index in [4.69, 9.17) is 15.2 Å². The number of carbonyl (C=O) groups excluding carboxylic acids is 1. The smallest absolute Gasteiger partial charge is 0.342 e. The van der Waals surface area contributed by atoms with Gasteiger partial charge < -0.3 is 15.2 Å². The molecule has 0 bridgehead atoms. The van der Waals surface area contributed by atoms with Crippen LogP contribution in [0, 0.1) is 6.92 Å². The average molecular weight is 278 g/mol. The molecule has 0 fully saturated rings. The Bertz CT molecular complexity index is 595. The first-order valence-electron chi connectivity index (χ1n) is 5.62. The van der Waals surface area contributed by atoms with Crippen LogP contribution < -0.4 is 10.5 Å². The molecule has 2 aromatic rings. The maximum Gasteiger partial charge on any atom is 0.342 e. The highest BCUT2D eigenvalue weighted by Gasteiger charge is 2.14. The van der Waals surface area contributed by atoms with Gasteiger partial charge in [0.1, 0.15) is 22.9 Å². The highest BCUT2D eigenvalue weighted by molar-refractivity contribution is 7.09. The Morgan fingerprint density at radius 1 is 1.47 bits per heavy atom. The molecule has 1 aromatic carbocycles. The lowest BCUT2D eigenvalue weighted by Gasteiger charge is -2.08. The third-order valence-electron chi connectivity index (χ3n) is 2.44. The number of nitrogen functional groups attached to an aromatic ring is 1. The number of esters is 1. The minimum absolute atomic E-state index is 0.148. The van der Waals surface area contributed by atoms with Crippen LogP contribution >= 0.6 is 11.3 Å². The monoisotopic (exact) mass is 278 g/mol. The quantitative estimate of drug-likeness (QED) is 0.686. The SMILES string of the molecule is COc1ccc(N)cc1C(=O)OCc1nc(C)cs1. The number of hydrogen-bond acceptors (Lipinski definition) is 6. The van der Waals surface area contributed by atoms with E-state index >= 15 is 0 Å². The molecule has 100 valence electrons. The first kappa shape index (κ1) is 13.4. The molecule has 0 aliphatic carbocycles. The van der Waals surface area contributed by atoms with Crippen LogP contribution in [-0.2, 0) is 11.3 Å². The molecule has 5 nitrogen and oxygen atoms in total. The lowest BCUT2D eigenvalue weighted by Crippen LogP contribution is -2.07. The summed E-state index contributed by atoms with van der Waals surface area (Å²) in [6.07, 6.45) is 0. The summed E-state index contributed by atoms with van der Waals surface area (Å²) in [5, 5.41) is 2.67. The molecular weight excluding hydrogens is 264 g/mol. The molecule has 0 atom stereocenters. The van der Waals surface area contributed by atoms with E-state index in [-0.39, 0.29) is 6.61 Å². The number of anilines is 1. The standard InChI is InChI=1S/C13H14N2O3S/c1-8-7-19-12(15-8)6-18-13(16)10-5-9(14)3-4-11(10)17-2/h3-5,7H,6,14H2,1-2H3. The van der Waals surface area contributed by atoms with Gasteiger partial charge in [0.2, 0.25) is 0 Å². The zero-order chi connectivity index (χ0) is 13.8. The van der Waals surface area contributed by atoms with Gasteiger partial charge in [0.25, 0.3) is 0 Å². The van der Waals surface area contributed by atoms with E-state index in [1.165, 1.54) is 24.5 Å². The van der Waals surface area contributed by atoms with Crippen LogP contribution in [0.5, 0.6) is 5.75 Å². The number of nitrogens with zero attached hydrogens (tertiary/aromatic N) is 1. The number of hydrogen-bond donors (Lipinski definition) is 1. The first-order chi connectivity index (χ1) is 9.10. The summed E-state index contributed by atoms with van der Waals surface area (Å²) >= 11 is 1.46. The van der Waals surface area contributed by atoms with E-state index in [1.54, 1.807) is 12.1 Å². The van der Waals surface area contributed by atoms with Gasteiger partial charge in [-0.15, -0.1) is 11.3 Å². The maximum absolute atomic E-state index is 12.0. The summed E-state index contributed by atoms with van der Waals surface area (Å²) in [4.78, 5) is 16.2. The van der Waals surface area contributed by atoms with Crippen LogP contribution in [-0.4, -0.2) is 18.1 Å². The molecular formula is C13H14N2O3S. The summed E-state index contributed by atoms with van der Waals surface area (Å²) in [5.41, 5.74) is 7.37. The van der Waals surface area contributed by atoms with E-state index < -0.39 is 5.97 Å². The minimum atomic E-state index is -0.475. The van der Waals surface area contributed by atoms with Gasteiger partial charge in [0.15, 0.2) is 0 Å². The van der Waals surface area contributed by atoms with Gasteiger partial charge in [-0.05, 0) is 25.1 Å². The topological polar surface area (TPSA) is 74.4 Å². The van der Waals surface area contributed by atoms with Crippen molar-refractivity contribution in [3.05, 3.63) is 39.8 Å². The van der Waals surface area contributed by atoms with E-state index in [1.807, 2.05) is 12.3 Å². The summed E-state index contributed by atoms with van der Waals surface area (Å²) in [7, 11) is 1.49. The molecule has 2 rings (SSSR count). The normalized spacial score (nSPS) is 10.2. The lowest BCUT2D eigenvalue weighted by molar-refractivity contribution is 0.0468. The van der Waals surface area contributed by atoms with Gasteiger partial charge in [0, 0.05) is 16.8 Å². The van der Waals surface area contributed by atoms with Crippen molar-refractivity contribution >= 4 is 23.0 Å². The van der Waals surface area contributed by atoms with Crippen molar-refractivity contribution in [2.75, 3.05) is 12.8 Å². The zero-order valence-electron chi connectivity index (χ0n) is 10.7. The fourth-order valence-corrected chi connectivity index (χ4v) is 2.24. The molecule has 0 aliphatic rings. The molecule has 0 amide bonds. The van der Waals surface area contributed by atoms with Gasteiger partial charge >= 0.3 is 5.97 Å². The molecule has 0 radical (unpaired) electrons. The highest BCUT2D eigenvalue weighted by atomic mass is 32.1. The molecule has 0 unspecified atom stereocenters. The molecule has 2 N–H and O–H groups in total. The van der Waals surface area contributed by atoms with Gasteiger partial charge in [-0.1, -0.05) is 0 Å². The van der Waals surface area contributed by atoms with Gasteiger partial charge in [-0.25, -0.2) is 9.78 Å². The van der Waals surface area contributed by atoms with Crippen LogP contribution in [0.1, 0.15) is 21.1 Å².